The van der Waals surface area contributed by atoms with Gasteiger partial charge in [-0.2, -0.15) is 0 Å². The van der Waals surface area contributed by atoms with Crippen molar-refractivity contribution < 1.29 is 44.1 Å². The van der Waals surface area contributed by atoms with E-state index < -0.39 is 22.5 Å². The monoisotopic (exact) mass is 242 g/mol. The number of hydrogen-bond donors (Lipinski definition) is 0. The number of carbonyl (C=O) groups is 2. The van der Waals surface area contributed by atoms with E-state index in [0.29, 0.717) is 0 Å². The summed E-state index contributed by atoms with van der Waals surface area (Å²) in [4.78, 5) is 33.1. The maximum absolute atomic E-state index is 11.6. The second-order valence-electron chi connectivity index (χ2n) is 3.90. The van der Waals surface area contributed by atoms with Crippen molar-refractivity contribution in [1.82, 2.24) is 0 Å². The van der Waals surface area contributed by atoms with Crippen molar-refractivity contribution in [3.63, 3.8) is 0 Å². The third-order valence-corrected chi connectivity index (χ3v) is 2.87. The Labute approximate surface area is 120 Å². The van der Waals surface area contributed by atoms with E-state index in [1.165, 1.54) is 0 Å². The molecule has 0 radical (unpaired) electrons. The average Bonchev–Trinajstić information content (AvgIpc) is 2.41. The van der Waals surface area contributed by atoms with E-state index in [9.17, 15) is 19.7 Å². The summed E-state index contributed by atoms with van der Waals surface area (Å²) in [6.45, 7) is 3.60. The molecule has 0 saturated carbocycles. The smallest absolute Gasteiger partial charge is 0.286 e. The van der Waals surface area contributed by atoms with E-state index in [2.05, 4.69) is 0 Å². The van der Waals surface area contributed by atoms with Crippen LogP contribution in [0.1, 0.15) is 31.8 Å². The first-order valence-corrected chi connectivity index (χ1v) is 4.76. The molecule has 0 heterocycles. The molecular formula is C11H9NNaO4+. The van der Waals surface area contributed by atoms with E-state index in [-0.39, 0.29) is 40.7 Å². The standard InChI is InChI=1S/C11H9NO4.Na/c1-5-3-7-8(4-6(5)2)11(14)9(10(7)13)12(15)16;/h3-4,9H,1-2H3;/q;+1. The average molecular weight is 242 g/mol. The van der Waals surface area contributed by atoms with Crippen molar-refractivity contribution in [3.05, 3.63) is 44.5 Å². The molecule has 1 aliphatic rings. The molecule has 0 aromatic heterocycles. The zero-order valence-electron chi connectivity index (χ0n) is 9.81. The van der Waals surface area contributed by atoms with Crippen LogP contribution in [0.15, 0.2) is 12.1 Å². The minimum absolute atomic E-state index is 0. The Bertz CT molecular complexity index is 498. The van der Waals surface area contributed by atoms with Crippen LogP contribution in [0.2, 0.25) is 0 Å². The predicted octanol–water partition coefficient (Wildman–Crippen LogP) is -1.67. The zero-order valence-corrected chi connectivity index (χ0v) is 11.8. The fourth-order valence-electron chi connectivity index (χ4n) is 1.83. The number of fused-ring (bicyclic) bond motifs is 1. The van der Waals surface area contributed by atoms with Gasteiger partial charge in [-0.1, -0.05) is 0 Å². The SMILES string of the molecule is Cc1cc2c(cc1C)C(=O)C([N+](=O)[O-])C2=O.[Na+]. The molecule has 0 atom stereocenters. The molecule has 82 valence electrons. The first kappa shape index (κ1) is 14.0. The molecule has 0 amide bonds. The molecule has 1 aromatic carbocycles. The number of ketones is 2. The predicted molar refractivity (Wildman–Crippen MR) is 55.4 cm³/mol. The van der Waals surface area contributed by atoms with E-state index >= 15 is 0 Å². The number of rotatable bonds is 1. The number of aryl methyl sites for hydroxylation is 2. The van der Waals surface area contributed by atoms with Crippen LogP contribution in [-0.4, -0.2) is 22.5 Å². The van der Waals surface area contributed by atoms with Gasteiger partial charge in [-0.25, -0.2) is 0 Å². The van der Waals surface area contributed by atoms with Crippen molar-refractivity contribution in [2.75, 3.05) is 0 Å². The van der Waals surface area contributed by atoms with Gasteiger partial charge in [-0.15, -0.1) is 0 Å². The van der Waals surface area contributed by atoms with Crippen molar-refractivity contribution in [2.45, 2.75) is 19.9 Å². The minimum Gasteiger partial charge on any atom is -0.286 e. The fraction of sp³-hybridized carbons (Fsp3) is 0.273. The quantitative estimate of drug-likeness (QED) is 0.255. The van der Waals surface area contributed by atoms with Gasteiger partial charge in [-0.05, 0) is 37.1 Å². The third kappa shape index (κ3) is 2.06. The van der Waals surface area contributed by atoms with Crippen LogP contribution >= 0.6 is 0 Å². The second-order valence-corrected chi connectivity index (χ2v) is 3.90. The molecule has 17 heavy (non-hydrogen) atoms. The summed E-state index contributed by atoms with van der Waals surface area (Å²) in [6, 6.07) is 1.36. The first-order chi connectivity index (χ1) is 7.43. The molecule has 0 aliphatic heterocycles. The van der Waals surface area contributed by atoms with Crippen LogP contribution < -0.4 is 29.6 Å². The maximum Gasteiger partial charge on any atom is 1.00 e. The second kappa shape index (κ2) is 4.68. The first-order valence-electron chi connectivity index (χ1n) is 4.76. The Hall–Kier alpha value is -1.04. The van der Waals surface area contributed by atoms with Crippen LogP contribution in [0.3, 0.4) is 0 Å². The van der Waals surface area contributed by atoms with Gasteiger partial charge < -0.3 is 0 Å². The molecule has 1 aliphatic carbocycles. The van der Waals surface area contributed by atoms with Gasteiger partial charge >= 0.3 is 35.6 Å². The number of hydrogen-bond acceptors (Lipinski definition) is 4. The summed E-state index contributed by atoms with van der Waals surface area (Å²) >= 11 is 0. The number of benzene rings is 1. The molecule has 0 unspecified atom stereocenters. The Morgan fingerprint density at radius 3 is 1.71 bits per heavy atom. The molecule has 2 rings (SSSR count). The summed E-state index contributed by atoms with van der Waals surface area (Å²) in [5.74, 6) is -1.40. The van der Waals surface area contributed by atoms with Crippen molar-refractivity contribution in [3.8, 4) is 0 Å². The normalized spacial score (nSPS) is 14.5. The van der Waals surface area contributed by atoms with Crippen LogP contribution in [0.5, 0.6) is 0 Å². The Morgan fingerprint density at radius 2 is 1.41 bits per heavy atom. The van der Waals surface area contributed by atoms with Gasteiger partial charge in [-0.3, -0.25) is 19.7 Å². The Balaban J connectivity index is 0.00000144. The van der Waals surface area contributed by atoms with Gasteiger partial charge in [0, 0.05) is 16.1 Å². The molecule has 1 aromatic rings. The fourth-order valence-corrected chi connectivity index (χ4v) is 1.83. The van der Waals surface area contributed by atoms with Crippen molar-refractivity contribution in [1.29, 1.82) is 0 Å². The van der Waals surface area contributed by atoms with Crippen LogP contribution in [0.25, 0.3) is 0 Å². The van der Waals surface area contributed by atoms with Crippen molar-refractivity contribution in [2.24, 2.45) is 0 Å². The zero-order chi connectivity index (χ0) is 12.0. The van der Waals surface area contributed by atoms with Gasteiger partial charge in [0.2, 0.25) is 11.6 Å². The number of carbonyl (C=O) groups excluding carboxylic acids is 2. The Morgan fingerprint density at radius 1 is 1.06 bits per heavy atom. The molecule has 6 heteroatoms. The van der Waals surface area contributed by atoms with Gasteiger partial charge in [0.1, 0.15) is 0 Å². The largest absolute Gasteiger partial charge is 1.00 e. The minimum atomic E-state index is -1.74. The van der Waals surface area contributed by atoms with Gasteiger partial charge in [0.05, 0.1) is 0 Å². The summed E-state index contributed by atoms with van der Waals surface area (Å²) in [5, 5.41) is 10.6. The maximum atomic E-state index is 11.6. The van der Waals surface area contributed by atoms with E-state index in [4.69, 9.17) is 0 Å². The molecule has 0 N–H and O–H groups in total. The van der Waals surface area contributed by atoms with E-state index in [1.807, 2.05) is 0 Å². The molecule has 0 spiro atoms. The molecule has 0 fully saturated rings. The van der Waals surface area contributed by atoms with E-state index in [1.54, 1.807) is 26.0 Å². The molecule has 0 bridgehead atoms. The number of Topliss-reactive ketones (excluding diaryl/α,β-unsaturated/α-hetero) is 2. The summed E-state index contributed by atoms with van der Waals surface area (Å²) < 4.78 is 0. The van der Waals surface area contributed by atoms with E-state index in [0.717, 1.165) is 11.1 Å². The van der Waals surface area contributed by atoms with Gasteiger partial charge in [0.15, 0.2) is 0 Å². The summed E-state index contributed by atoms with van der Waals surface area (Å²) in [7, 11) is 0. The number of nitro groups is 1. The molecule has 0 saturated heterocycles. The van der Waals surface area contributed by atoms with Crippen LogP contribution in [-0.2, 0) is 0 Å². The third-order valence-electron chi connectivity index (χ3n) is 2.87. The summed E-state index contributed by atoms with van der Waals surface area (Å²) in [6.07, 6.45) is 0. The number of nitrogens with zero attached hydrogens (tertiary/aromatic N) is 1. The summed E-state index contributed by atoms with van der Waals surface area (Å²) in [5.41, 5.74) is 2.05. The Kier molecular flexibility index (Phi) is 3.86. The van der Waals surface area contributed by atoms with Crippen LogP contribution in [0.4, 0.5) is 0 Å². The van der Waals surface area contributed by atoms with Gasteiger partial charge in [0.25, 0.3) is 0 Å². The topological polar surface area (TPSA) is 77.3 Å². The van der Waals surface area contributed by atoms with Crippen LogP contribution in [0, 0.1) is 24.0 Å². The molecule has 5 nitrogen and oxygen atoms in total. The molecular weight excluding hydrogens is 233 g/mol. The van der Waals surface area contributed by atoms with Crippen molar-refractivity contribution >= 4 is 11.6 Å².